The summed E-state index contributed by atoms with van der Waals surface area (Å²) >= 11 is 1.75. The lowest BCUT2D eigenvalue weighted by Gasteiger charge is -2.17. The minimum Gasteiger partial charge on any atom is -0.298 e. The smallest absolute Gasteiger partial charge is 0.187 e. The molecule has 25 heavy (non-hydrogen) atoms. The molecule has 0 spiro atoms. The van der Waals surface area contributed by atoms with E-state index in [2.05, 4.69) is 65.9 Å². The second-order valence-corrected chi connectivity index (χ2v) is 8.56. The zero-order valence-corrected chi connectivity index (χ0v) is 16.5. The number of fused-ring (bicyclic) bond motifs is 1. The Morgan fingerprint density at radius 3 is 2.52 bits per heavy atom. The lowest BCUT2D eigenvalue weighted by molar-refractivity contribution is 0.318. The Morgan fingerprint density at radius 2 is 1.80 bits per heavy atom. The standard InChI is InChI=1S/C20H28N4S/c1-5-15(2)25-20-21-9-17(10-22-20)12-23(3)11-16-6-7-18-13-24(4)14-19(18)8-16/h6-10,15H,5,11-14H2,1-4H3/t15-/m0/s1. The molecule has 2 heterocycles. The number of rotatable bonds is 7. The first kappa shape index (κ1) is 18.4. The van der Waals surface area contributed by atoms with Gasteiger partial charge < -0.3 is 0 Å². The van der Waals surface area contributed by atoms with Gasteiger partial charge in [0.2, 0.25) is 0 Å². The second kappa shape index (κ2) is 8.30. The van der Waals surface area contributed by atoms with Gasteiger partial charge in [-0.25, -0.2) is 9.97 Å². The summed E-state index contributed by atoms with van der Waals surface area (Å²) in [5, 5.41) is 1.44. The molecule has 1 aliphatic rings. The number of thioether (sulfide) groups is 1. The van der Waals surface area contributed by atoms with Gasteiger partial charge in [0, 0.05) is 49.4 Å². The number of nitrogens with zero attached hydrogens (tertiary/aromatic N) is 4. The number of aromatic nitrogens is 2. The Labute approximate surface area is 155 Å². The lowest BCUT2D eigenvalue weighted by Crippen LogP contribution is -2.17. The molecule has 0 radical (unpaired) electrons. The highest BCUT2D eigenvalue weighted by Gasteiger charge is 2.15. The topological polar surface area (TPSA) is 32.3 Å². The van der Waals surface area contributed by atoms with Gasteiger partial charge in [-0.2, -0.15) is 0 Å². The van der Waals surface area contributed by atoms with Crippen molar-refractivity contribution in [1.29, 1.82) is 0 Å². The van der Waals surface area contributed by atoms with Crippen LogP contribution in [0.1, 0.15) is 42.5 Å². The summed E-state index contributed by atoms with van der Waals surface area (Å²) in [5.74, 6) is 0. The van der Waals surface area contributed by atoms with E-state index in [0.29, 0.717) is 5.25 Å². The fourth-order valence-corrected chi connectivity index (χ4v) is 3.90. The van der Waals surface area contributed by atoms with Crippen LogP contribution >= 0.6 is 11.8 Å². The molecule has 0 saturated carbocycles. The fourth-order valence-electron chi connectivity index (χ4n) is 3.14. The van der Waals surface area contributed by atoms with Crippen molar-refractivity contribution < 1.29 is 0 Å². The van der Waals surface area contributed by atoms with Gasteiger partial charge in [0.15, 0.2) is 5.16 Å². The van der Waals surface area contributed by atoms with Crippen LogP contribution in [0.25, 0.3) is 0 Å². The van der Waals surface area contributed by atoms with Crippen molar-refractivity contribution in [2.24, 2.45) is 0 Å². The SMILES string of the molecule is CC[C@H](C)Sc1ncc(CN(C)Cc2ccc3c(c2)CN(C)C3)cn1. The molecule has 1 aliphatic heterocycles. The molecule has 0 aliphatic carbocycles. The summed E-state index contributed by atoms with van der Waals surface area (Å²) in [6.07, 6.45) is 5.06. The molecule has 0 fully saturated rings. The van der Waals surface area contributed by atoms with Gasteiger partial charge in [-0.05, 0) is 37.2 Å². The third-order valence-electron chi connectivity index (χ3n) is 4.62. The van der Waals surface area contributed by atoms with Crippen LogP contribution in [0, 0.1) is 0 Å². The van der Waals surface area contributed by atoms with E-state index in [1.807, 2.05) is 12.4 Å². The van der Waals surface area contributed by atoms with Crippen LogP contribution in [-0.2, 0) is 26.2 Å². The van der Waals surface area contributed by atoms with Crippen LogP contribution in [0.2, 0.25) is 0 Å². The Morgan fingerprint density at radius 1 is 1.12 bits per heavy atom. The maximum absolute atomic E-state index is 4.50. The van der Waals surface area contributed by atoms with Crippen LogP contribution < -0.4 is 0 Å². The highest BCUT2D eigenvalue weighted by atomic mass is 32.2. The first-order valence-electron chi connectivity index (χ1n) is 8.99. The Balaban J connectivity index is 1.56. The van der Waals surface area contributed by atoms with E-state index in [9.17, 15) is 0 Å². The van der Waals surface area contributed by atoms with Gasteiger partial charge in [-0.1, -0.05) is 43.8 Å². The van der Waals surface area contributed by atoms with Crippen LogP contribution in [0.3, 0.4) is 0 Å². The first-order valence-corrected chi connectivity index (χ1v) is 9.86. The lowest BCUT2D eigenvalue weighted by atomic mass is 10.1. The van der Waals surface area contributed by atoms with Gasteiger partial charge in [-0.15, -0.1) is 0 Å². The van der Waals surface area contributed by atoms with Crippen LogP contribution in [-0.4, -0.2) is 39.1 Å². The molecule has 0 N–H and O–H groups in total. The van der Waals surface area contributed by atoms with Gasteiger partial charge in [-0.3, -0.25) is 9.80 Å². The molecule has 1 aromatic heterocycles. The summed E-state index contributed by atoms with van der Waals surface area (Å²) in [5.41, 5.74) is 5.48. The summed E-state index contributed by atoms with van der Waals surface area (Å²) < 4.78 is 0. The summed E-state index contributed by atoms with van der Waals surface area (Å²) in [6, 6.07) is 6.90. The van der Waals surface area contributed by atoms with Crippen LogP contribution in [0.4, 0.5) is 0 Å². The highest BCUT2D eigenvalue weighted by Crippen LogP contribution is 2.23. The first-order chi connectivity index (χ1) is 12.0. The van der Waals surface area contributed by atoms with Gasteiger partial charge in [0.05, 0.1) is 0 Å². The molecule has 0 bridgehead atoms. The van der Waals surface area contributed by atoms with E-state index < -0.39 is 0 Å². The maximum Gasteiger partial charge on any atom is 0.187 e. The maximum atomic E-state index is 4.50. The van der Waals surface area contributed by atoms with Crippen molar-refractivity contribution >= 4 is 11.8 Å². The summed E-state index contributed by atoms with van der Waals surface area (Å²) in [6.45, 7) is 8.35. The minimum absolute atomic E-state index is 0.562. The van der Waals surface area contributed by atoms with E-state index in [0.717, 1.165) is 43.3 Å². The van der Waals surface area contributed by atoms with Gasteiger partial charge >= 0.3 is 0 Å². The Hall–Kier alpha value is -1.43. The van der Waals surface area contributed by atoms with Crippen molar-refractivity contribution in [2.45, 2.75) is 56.9 Å². The molecular formula is C20H28N4S. The monoisotopic (exact) mass is 356 g/mol. The van der Waals surface area contributed by atoms with E-state index in [1.165, 1.54) is 16.7 Å². The van der Waals surface area contributed by atoms with Crippen LogP contribution in [0.15, 0.2) is 35.7 Å². The predicted octanol–water partition coefficient (Wildman–Crippen LogP) is 3.94. The van der Waals surface area contributed by atoms with Gasteiger partial charge in [0.1, 0.15) is 0 Å². The normalized spacial score (nSPS) is 15.6. The quantitative estimate of drug-likeness (QED) is 0.554. The molecule has 2 aromatic rings. The molecule has 5 heteroatoms. The Bertz CT molecular complexity index is 701. The molecule has 0 amide bonds. The molecule has 1 atom stereocenters. The third kappa shape index (κ3) is 5.03. The number of benzene rings is 1. The zero-order valence-electron chi connectivity index (χ0n) is 15.7. The van der Waals surface area contributed by atoms with Crippen molar-refractivity contribution in [2.75, 3.05) is 14.1 Å². The number of hydrogen-bond donors (Lipinski definition) is 0. The predicted molar refractivity (Wildman–Crippen MR) is 104 cm³/mol. The average molecular weight is 357 g/mol. The number of hydrogen-bond acceptors (Lipinski definition) is 5. The molecule has 3 rings (SSSR count). The Kier molecular flexibility index (Phi) is 6.10. The van der Waals surface area contributed by atoms with Crippen molar-refractivity contribution in [1.82, 2.24) is 19.8 Å². The molecule has 4 nitrogen and oxygen atoms in total. The molecular weight excluding hydrogens is 328 g/mol. The molecule has 134 valence electrons. The van der Waals surface area contributed by atoms with Gasteiger partial charge in [0.25, 0.3) is 0 Å². The van der Waals surface area contributed by atoms with Crippen molar-refractivity contribution in [3.8, 4) is 0 Å². The highest BCUT2D eigenvalue weighted by molar-refractivity contribution is 7.99. The van der Waals surface area contributed by atoms with E-state index in [-0.39, 0.29) is 0 Å². The minimum atomic E-state index is 0.562. The molecule has 0 saturated heterocycles. The second-order valence-electron chi connectivity index (χ2n) is 7.16. The average Bonchev–Trinajstić information content (AvgIpc) is 2.95. The van der Waals surface area contributed by atoms with E-state index in [1.54, 1.807) is 11.8 Å². The summed E-state index contributed by atoms with van der Waals surface area (Å²) in [7, 11) is 4.33. The zero-order chi connectivity index (χ0) is 17.8. The van der Waals surface area contributed by atoms with E-state index >= 15 is 0 Å². The summed E-state index contributed by atoms with van der Waals surface area (Å²) in [4.78, 5) is 13.7. The fraction of sp³-hybridized carbons (Fsp3) is 0.500. The molecule has 0 unspecified atom stereocenters. The van der Waals surface area contributed by atoms with Crippen molar-refractivity contribution in [3.05, 3.63) is 52.8 Å². The van der Waals surface area contributed by atoms with E-state index in [4.69, 9.17) is 0 Å². The molecule has 1 aromatic carbocycles. The van der Waals surface area contributed by atoms with Crippen molar-refractivity contribution in [3.63, 3.8) is 0 Å². The third-order valence-corrected chi connectivity index (χ3v) is 5.78. The van der Waals surface area contributed by atoms with Crippen LogP contribution in [0.5, 0.6) is 0 Å². The largest absolute Gasteiger partial charge is 0.298 e.